The summed E-state index contributed by atoms with van der Waals surface area (Å²) in [4.78, 5) is 11.6. The molecule has 4 nitrogen and oxygen atoms in total. The molecule has 0 saturated heterocycles. The number of carbonyl (C=O) groups is 1. The molecule has 0 aromatic heterocycles. The number of rotatable bonds is 5. The molecule has 0 saturated carbocycles. The van der Waals surface area contributed by atoms with Gasteiger partial charge in [0.2, 0.25) is 0 Å². The zero-order chi connectivity index (χ0) is 14.6. The lowest BCUT2D eigenvalue weighted by Crippen LogP contribution is -2.46. The van der Waals surface area contributed by atoms with E-state index in [0.29, 0.717) is 6.61 Å². The van der Waals surface area contributed by atoms with E-state index >= 15 is 0 Å². The van der Waals surface area contributed by atoms with Crippen LogP contribution in [0.4, 0.5) is 0 Å². The molecule has 0 aliphatic rings. The van der Waals surface area contributed by atoms with Crippen LogP contribution in [0, 0.1) is 0 Å². The number of carbonyl (C=O) groups excluding carboxylic acids is 1. The van der Waals surface area contributed by atoms with Gasteiger partial charge in [-0.15, -0.1) is 0 Å². The number of ether oxygens (including phenoxy) is 3. The molecule has 4 heteroatoms. The van der Waals surface area contributed by atoms with E-state index in [-0.39, 0.29) is 12.4 Å². The molecule has 108 valence electrons. The molecule has 18 heavy (non-hydrogen) atoms. The molecule has 0 atom stereocenters. The summed E-state index contributed by atoms with van der Waals surface area (Å²) < 4.78 is 16.8. The third kappa shape index (κ3) is 8.48. The highest BCUT2D eigenvalue weighted by Gasteiger charge is 2.38. The van der Waals surface area contributed by atoms with Crippen molar-refractivity contribution in [1.29, 1.82) is 0 Å². The summed E-state index contributed by atoms with van der Waals surface area (Å²) in [5.74, 6) is -1.29. The van der Waals surface area contributed by atoms with Gasteiger partial charge in [0.05, 0.1) is 24.2 Å². The second kappa shape index (κ2) is 6.02. The zero-order valence-electron chi connectivity index (χ0n) is 13.0. The van der Waals surface area contributed by atoms with Crippen molar-refractivity contribution in [1.82, 2.24) is 0 Å². The molecular weight excluding hydrogens is 232 g/mol. The van der Waals surface area contributed by atoms with Gasteiger partial charge < -0.3 is 14.2 Å². The van der Waals surface area contributed by atoms with Gasteiger partial charge in [-0.05, 0) is 55.4 Å². The van der Waals surface area contributed by atoms with Crippen LogP contribution in [0.2, 0.25) is 0 Å². The topological polar surface area (TPSA) is 44.8 Å². The van der Waals surface area contributed by atoms with E-state index in [9.17, 15) is 4.79 Å². The normalized spacial score (nSPS) is 13.6. The van der Waals surface area contributed by atoms with Crippen LogP contribution in [-0.2, 0) is 19.0 Å². The van der Waals surface area contributed by atoms with Gasteiger partial charge in [0.15, 0.2) is 5.79 Å². The first kappa shape index (κ1) is 17.4. The average molecular weight is 260 g/mol. The molecular formula is C14H28O4. The number of esters is 1. The highest BCUT2D eigenvalue weighted by atomic mass is 16.7. The van der Waals surface area contributed by atoms with Gasteiger partial charge in [-0.25, -0.2) is 0 Å². The van der Waals surface area contributed by atoms with E-state index in [1.165, 1.54) is 0 Å². The van der Waals surface area contributed by atoms with E-state index < -0.39 is 17.0 Å². The molecule has 0 aromatic rings. The van der Waals surface area contributed by atoms with Crippen molar-refractivity contribution >= 4 is 5.97 Å². The smallest absolute Gasteiger partial charge is 0.311 e. The minimum atomic E-state index is -0.983. The van der Waals surface area contributed by atoms with E-state index in [1.54, 1.807) is 13.8 Å². The van der Waals surface area contributed by atoms with Crippen molar-refractivity contribution in [3.05, 3.63) is 0 Å². The predicted molar refractivity (Wildman–Crippen MR) is 71.3 cm³/mol. The summed E-state index contributed by atoms with van der Waals surface area (Å²) in [5, 5.41) is 0. The molecule has 0 N–H and O–H groups in total. The quantitative estimate of drug-likeness (QED) is 0.562. The molecule has 0 fully saturated rings. The Hall–Kier alpha value is -0.610. The molecule has 0 rings (SSSR count). The predicted octanol–water partition coefficient (Wildman–Crippen LogP) is 3.29. The van der Waals surface area contributed by atoms with Crippen LogP contribution in [-0.4, -0.2) is 29.6 Å². The lowest BCUT2D eigenvalue weighted by atomic mass is 10.1. The fourth-order valence-corrected chi connectivity index (χ4v) is 1.86. The minimum absolute atomic E-state index is 0.0787. The first-order valence-corrected chi connectivity index (χ1v) is 6.43. The molecule has 0 spiro atoms. The second-order valence-corrected chi connectivity index (χ2v) is 6.54. The third-order valence-corrected chi connectivity index (χ3v) is 1.81. The van der Waals surface area contributed by atoms with Crippen LogP contribution >= 0.6 is 0 Å². The Morgan fingerprint density at radius 3 is 1.56 bits per heavy atom. The Labute approximate surface area is 111 Å². The van der Waals surface area contributed by atoms with Crippen LogP contribution < -0.4 is 0 Å². The molecule has 0 unspecified atom stereocenters. The summed E-state index contributed by atoms with van der Waals surface area (Å²) in [7, 11) is 0. The lowest BCUT2D eigenvalue weighted by molar-refractivity contribution is -0.302. The van der Waals surface area contributed by atoms with Gasteiger partial charge in [-0.3, -0.25) is 4.79 Å². The molecule has 0 aromatic carbocycles. The first-order valence-electron chi connectivity index (χ1n) is 6.43. The number of hydrogen-bond donors (Lipinski definition) is 0. The van der Waals surface area contributed by atoms with Crippen molar-refractivity contribution in [3.63, 3.8) is 0 Å². The highest BCUT2D eigenvalue weighted by Crippen LogP contribution is 2.29. The summed E-state index contributed by atoms with van der Waals surface area (Å²) in [5.41, 5.74) is -0.793. The maximum atomic E-state index is 11.6. The Bertz CT molecular complexity index is 254. The van der Waals surface area contributed by atoms with E-state index in [0.717, 1.165) is 0 Å². The molecule has 0 aliphatic carbocycles. The zero-order valence-corrected chi connectivity index (χ0v) is 13.0. The molecule has 0 radical (unpaired) electrons. The fourth-order valence-electron chi connectivity index (χ4n) is 1.86. The SMILES string of the molecule is CCOC(=O)CC(C)(OC(C)(C)C)OC(C)(C)C. The van der Waals surface area contributed by atoms with Gasteiger partial charge in [-0.1, -0.05) is 0 Å². The van der Waals surface area contributed by atoms with E-state index in [2.05, 4.69) is 0 Å². The fraction of sp³-hybridized carbons (Fsp3) is 0.929. The van der Waals surface area contributed by atoms with Crippen LogP contribution in [0.25, 0.3) is 0 Å². The number of hydrogen-bond acceptors (Lipinski definition) is 4. The Morgan fingerprint density at radius 1 is 0.889 bits per heavy atom. The standard InChI is InChI=1S/C14H28O4/c1-9-16-11(15)10-14(8,17-12(2,3)4)18-13(5,6)7/h9-10H2,1-8H3. The van der Waals surface area contributed by atoms with Crippen LogP contribution in [0.3, 0.4) is 0 Å². The second-order valence-electron chi connectivity index (χ2n) is 6.54. The van der Waals surface area contributed by atoms with Gasteiger partial charge in [0.25, 0.3) is 0 Å². The monoisotopic (exact) mass is 260 g/mol. The largest absolute Gasteiger partial charge is 0.466 e. The van der Waals surface area contributed by atoms with Gasteiger partial charge in [-0.2, -0.15) is 0 Å². The molecule has 0 heterocycles. The van der Waals surface area contributed by atoms with Crippen LogP contribution in [0.15, 0.2) is 0 Å². The summed E-state index contributed by atoms with van der Waals surface area (Å²) >= 11 is 0. The first-order chi connectivity index (χ1) is 7.87. The minimum Gasteiger partial charge on any atom is -0.466 e. The van der Waals surface area contributed by atoms with Crippen molar-refractivity contribution in [3.8, 4) is 0 Å². The van der Waals surface area contributed by atoms with Crippen molar-refractivity contribution in [2.24, 2.45) is 0 Å². The van der Waals surface area contributed by atoms with E-state index in [4.69, 9.17) is 14.2 Å². The van der Waals surface area contributed by atoms with Gasteiger partial charge in [0, 0.05) is 0 Å². The highest BCUT2D eigenvalue weighted by molar-refractivity contribution is 5.70. The van der Waals surface area contributed by atoms with Crippen molar-refractivity contribution in [2.75, 3.05) is 6.61 Å². The van der Waals surface area contributed by atoms with Crippen molar-refractivity contribution in [2.45, 2.75) is 78.8 Å². The summed E-state index contributed by atoms with van der Waals surface area (Å²) in [6.45, 7) is 15.5. The van der Waals surface area contributed by atoms with Crippen LogP contribution in [0.5, 0.6) is 0 Å². The van der Waals surface area contributed by atoms with E-state index in [1.807, 2.05) is 41.5 Å². The van der Waals surface area contributed by atoms with Crippen LogP contribution in [0.1, 0.15) is 61.8 Å². The maximum Gasteiger partial charge on any atom is 0.311 e. The Kier molecular flexibility index (Phi) is 5.82. The maximum absolute atomic E-state index is 11.6. The van der Waals surface area contributed by atoms with Gasteiger partial charge in [0.1, 0.15) is 0 Å². The molecule has 0 bridgehead atoms. The van der Waals surface area contributed by atoms with Gasteiger partial charge >= 0.3 is 5.97 Å². The molecule has 0 aliphatic heterocycles. The Balaban J connectivity index is 4.86. The van der Waals surface area contributed by atoms with Crippen molar-refractivity contribution < 1.29 is 19.0 Å². The molecule has 0 amide bonds. The summed E-state index contributed by atoms with van der Waals surface area (Å²) in [6, 6.07) is 0. The average Bonchev–Trinajstić information content (AvgIpc) is 1.93. The summed E-state index contributed by atoms with van der Waals surface area (Å²) in [6.07, 6.45) is 0.0787. The lowest BCUT2D eigenvalue weighted by Gasteiger charge is -2.40. The third-order valence-electron chi connectivity index (χ3n) is 1.81. The Morgan fingerprint density at radius 2 is 1.28 bits per heavy atom.